The molecule has 3 N–H and O–H groups in total. The van der Waals surface area contributed by atoms with Gasteiger partial charge in [0.2, 0.25) is 0 Å². The summed E-state index contributed by atoms with van der Waals surface area (Å²) in [6.07, 6.45) is 1.55. The number of nitrogens with one attached hydrogen (secondary N) is 1. The average molecular weight is 176 g/mol. The van der Waals surface area contributed by atoms with Crippen molar-refractivity contribution in [2.24, 2.45) is 5.73 Å². The zero-order valence-corrected chi connectivity index (χ0v) is 7.03. The van der Waals surface area contributed by atoms with Crippen molar-refractivity contribution in [3.05, 3.63) is 23.8 Å². The first-order valence-electron chi connectivity index (χ1n) is 3.79. The Bertz CT molecular complexity index is 474. The minimum absolute atomic E-state index is 0.235. The number of nitrogens with two attached hydrogens (primary N) is 1. The summed E-state index contributed by atoms with van der Waals surface area (Å²) >= 11 is 0. The maximum Gasteiger partial charge on any atom is 0.267 e. The summed E-state index contributed by atoms with van der Waals surface area (Å²) in [5.41, 5.74) is 6.82. The van der Waals surface area contributed by atoms with E-state index in [2.05, 4.69) is 15.0 Å². The Morgan fingerprint density at radius 1 is 1.62 bits per heavy atom. The number of carbonyl (C=O) groups is 1. The smallest absolute Gasteiger partial charge is 0.267 e. The van der Waals surface area contributed by atoms with E-state index in [1.165, 1.54) is 0 Å². The van der Waals surface area contributed by atoms with E-state index in [1.807, 2.05) is 6.92 Å². The van der Waals surface area contributed by atoms with E-state index in [-0.39, 0.29) is 5.69 Å². The highest BCUT2D eigenvalue weighted by atomic mass is 16.1. The van der Waals surface area contributed by atoms with E-state index in [0.29, 0.717) is 5.52 Å². The molecule has 2 heterocycles. The molecule has 0 aliphatic heterocycles. The monoisotopic (exact) mass is 176 g/mol. The number of nitrogens with zero attached hydrogens (tertiary/aromatic N) is 2. The van der Waals surface area contributed by atoms with Gasteiger partial charge in [-0.1, -0.05) is 0 Å². The molecule has 13 heavy (non-hydrogen) atoms. The van der Waals surface area contributed by atoms with E-state index in [4.69, 9.17) is 5.73 Å². The Kier molecular flexibility index (Phi) is 1.51. The molecule has 66 valence electrons. The number of fused-ring (bicyclic) bond motifs is 1. The minimum atomic E-state index is -0.539. The second-order valence-electron chi connectivity index (χ2n) is 2.77. The maximum atomic E-state index is 10.8. The first kappa shape index (κ1) is 7.72. The molecule has 0 atom stereocenters. The number of hydrogen-bond donors (Lipinski definition) is 2. The van der Waals surface area contributed by atoms with Crippen LogP contribution in [0.1, 0.15) is 16.3 Å². The molecule has 2 rings (SSSR count). The fraction of sp³-hybridized carbons (Fsp3) is 0.125. The summed E-state index contributed by atoms with van der Waals surface area (Å²) in [7, 11) is 0. The Labute approximate surface area is 74.0 Å². The van der Waals surface area contributed by atoms with Crippen LogP contribution in [0.4, 0.5) is 0 Å². The van der Waals surface area contributed by atoms with Crippen molar-refractivity contribution in [3.8, 4) is 0 Å². The van der Waals surface area contributed by atoms with Gasteiger partial charge in [-0.25, -0.2) is 9.97 Å². The van der Waals surface area contributed by atoms with Crippen LogP contribution in [0.2, 0.25) is 0 Å². The van der Waals surface area contributed by atoms with Gasteiger partial charge in [0.1, 0.15) is 11.5 Å². The first-order chi connectivity index (χ1) is 6.16. The van der Waals surface area contributed by atoms with Gasteiger partial charge in [0.15, 0.2) is 0 Å². The fourth-order valence-electron chi connectivity index (χ4n) is 1.17. The molecule has 0 spiro atoms. The minimum Gasteiger partial charge on any atom is -0.364 e. The molecule has 0 saturated heterocycles. The lowest BCUT2D eigenvalue weighted by Crippen LogP contribution is -2.12. The lowest BCUT2D eigenvalue weighted by Gasteiger charge is -1.92. The van der Waals surface area contributed by atoms with Crippen LogP contribution < -0.4 is 5.73 Å². The van der Waals surface area contributed by atoms with Crippen molar-refractivity contribution < 1.29 is 4.79 Å². The fourth-order valence-corrected chi connectivity index (χ4v) is 1.17. The number of aryl methyl sites for hydroxylation is 1. The molecule has 2 aromatic rings. The van der Waals surface area contributed by atoms with Crippen LogP contribution in [0.25, 0.3) is 11.0 Å². The van der Waals surface area contributed by atoms with Crippen LogP contribution in [-0.4, -0.2) is 20.9 Å². The van der Waals surface area contributed by atoms with Crippen molar-refractivity contribution in [1.29, 1.82) is 0 Å². The highest BCUT2D eigenvalue weighted by Gasteiger charge is 2.05. The zero-order valence-electron chi connectivity index (χ0n) is 7.03. The number of carbonyl (C=O) groups excluding carboxylic acids is 1. The van der Waals surface area contributed by atoms with Gasteiger partial charge >= 0.3 is 0 Å². The molecule has 0 saturated carbocycles. The van der Waals surface area contributed by atoms with E-state index in [9.17, 15) is 4.79 Å². The molecule has 0 radical (unpaired) electrons. The molecule has 0 unspecified atom stereocenters. The number of pyridine rings is 1. The molecule has 1 amide bonds. The Morgan fingerprint density at radius 3 is 3.08 bits per heavy atom. The van der Waals surface area contributed by atoms with E-state index < -0.39 is 5.91 Å². The van der Waals surface area contributed by atoms with Crippen LogP contribution in [0.5, 0.6) is 0 Å². The van der Waals surface area contributed by atoms with Crippen LogP contribution >= 0.6 is 0 Å². The van der Waals surface area contributed by atoms with Gasteiger partial charge in [0.05, 0.1) is 17.2 Å². The van der Waals surface area contributed by atoms with Gasteiger partial charge in [-0.15, -0.1) is 0 Å². The average Bonchev–Trinajstić information content (AvgIpc) is 2.42. The predicted octanol–water partition coefficient (Wildman–Crippen LogP) is 0.365. The third-order valence-electron chi connectivity index (χ3n) is 1.74. The van der Waals surface area contributed by atoms with E-state index >= 15 is 0 Å². The van der Waals surface area contributed by atoms with Crippen molar-refractivity contribution in [2.45, 2.75) is 6.92 Å². The largest absolute Gasteiger partial charge is 0.364 e. The lowest BCUT2D eigenvalue weighted by atomic mass is 10.3. The summed E-state index contributed by atoms with van der Waals surface area (Å²) in [6, 6.07) is 1.57. The third-order valence-corrected chi connectivity index (χ3v) is 1.74. The summed E-state index contributed by atoms with van der Waals surface area (Å²) in [4.78, 5) is 21.8. The summed E-state index contributed by atoms with van der Waals surface area (Å²) in [6.45, 7) is 1.84. The second kappa shape index (κ2) is 2.55. The summed E-state index contributed by atoms with van der Waals surface area (Å²) < 4.78 is 0. The van der Waals surface area contributed by atoms with Gasteiger partial charge in [-0.2, -0.15) is 0 Å². The number of aromatic amines is 1. The first-order valence-corrected chi connectivity index (χ1v) is 3.79. The standard InChI is InChI=1S/C8H8N4O/c1-4-11-5-2-6(8(9)13)10-3-7(5)12-4/h2-3H,1H3,(H2,9,13)(H,11,12). The molecule has 0 bridgehead atoms. The highest BCUT2D eigenvalue weighted by molar-refractivity contribution is 5.93. The molecular formula is C8H8N4O. The molecule has 5 nitrogen and oxygen atoms in total. The lowest BCUT2D eigenvalue weighted by molar-refractivity contribution is 0.0996. The summed E-state index contributed by atoms with van der Waals surface area (Å²) in [5.74, 6) is 0.251. The molecule has 0 aromatic carbocycles. The quantitative estimate of drug-likeness (QED) is 0.658. The third kappa shape index (κ3) is 1.24. The van der Waals surface area contributed by atoms with Crippen LogP contribution in [0.3, 0.4) is 0 Å². The number of primary amides is 1. The topological polar surface area (TPSA) is 84.7 Å². The number of hydrogen-bond acceptors (Lipinski definition) is 3. The molecule has 0 aliphatic rings. The van der Waals surface area contributed by atoms with Gasteiger partial charge in [0, 0.05) is 0 Å². The maximum absolute atomic E-state index is 10.8. The van der Waals surface area contributed by atoms with Gasteiger partial charge in [-0.3, -0.25) is 4.79 Å². The molecule has 2 aromatic heterocycles. The van der Waals surface area contributed by atoms with Crippen LogP contribution in [-0.2, 0) is 0 Å². The zero-order chi connectivity index (χ0) is 9.42. The number of H-pyrrole nitrogens is 1. The predicted molar refractivity (Wildman–Crippen MR) is 47.1 cm³/mol. The normalized spacial score (nSPS) is 10.5. The van der Waals surface area contributed by atoms with Gasteiger partial charge in [-0.05, 0) is 13.0 Å². The Hall–Kier alpha value is -1.91. The molecule has 0 aliphatic carbocycles. The van der Waals surface area contributed by atoms with Crippen LogP contribution in [0.15, 0.2) is 12.3 Å². The Morgan fingerprint density at radius 2 is 2.38 bits per heavy atom. The van der Waals surface area contributed by atoms with Gasteiger partial charge < -0.3 is 10.7 Å². The van der Waals surface area contributed by atoms with Crippen molar-refractivity contribution in [1.82, 2.24) is 15.0 Å². The number of aromatic nitrogens is 3. The molecular weight excluding hydrogens is 168 g/mol. The number of imidazole rings is 1. The number of rotatable bonds is 1. The van der Waals surface area contributed by atoms with E-state index in [1.54, 1.807) is 12.3 Å². The van der Waals surface area contributed by atoms with Crippen molar-refractivity contribution >= 4 is 16.9 Å². The number of amides is 1. The molecule has 0 fully saturated rings. The van der Waals surface area contributed by atoms with Gasteiger partial charge in [0.25, 0.3) is 5.91 Å². The second-order valence-corrected chi connectivity index (χ2v) is 2.77. The Balaban J connectivity index is 2.67. The SMILES string of the molecule is Cc1nc2cc(C(N)=O)ncc2[nH]1. The van der Waals surface area contributed by atoms with Crippen molar-refractivity contribution in [3.63, 3.8) is 0 Å². The van der Waals surface area contributed by atoms with Crippen molar-refractivity contribution in [2.75, 3.05) is 0 Å². The summed E-state index contributed by atoms with van der Waals surface area (Å²) in [5, 5.41) is 0. The highest BCUT2D eigenvalue weighted by Crippen LogP contribution is 2.10. The van der Waals surface area contributed by atoms with E-state index in [0.717, 1.165) is 11.3 Å². The molecule has 5 heteroatoms. The van der Waals surface area contributed by atoms with Crippen LogP contribution in [0, 0.1) is 6.92 Å².